The highest BCUT2D eigenvalue weighted by Crippen LogP contribution is 2.31. The predicted molar refractivity (Wildman–Crippen MR) is 174 cm³/mol. The van der Waals surface area contributed by atoms with E-state index in [0.717, 1.165) is 16.7 Å². The van der Waals surface area contributed by atoms with E-state index in [2.05, 4.69) is 0 Å². The Hall–Kier alpha value is -2.74. The molecule has 10 heteroatoms. The van der Waals surface area contributed by atoms with E-state index in [-0.39, 0.29) is 6.61 Å². The van der Waals surface area contributed by atoms with Crippen molar-refractivity contribution in [1.29, 1.82) is 0 Å². The quantitative estimate of drug-likeness (QED) is 0.310. The predicted octanol–water partition coefficient (Wildman–Crippen LogP) is 4.58. The van der Waals surface area contributed by atoms with Gasteiger partial charge in [-0.3, -0.25) is 0 Å². The Morgan fingerprint density at radius 3 is 1.40 bits per heavy atom. The molecule has 256 valence electrons. The number of ether oxygens (including phenoxy) is 10. The molecule has 0 spiro atoms. The topological polar surface area (TPSA) is 92.3 Å². The van der Waals surface area contributed by atoms with Crippen LogP contribution in [0.15, 0.2) is 91.0 Å². The van der Waals surface area contributed by atoms with Crippen molar-refractivity contribution < 1.29 is 47.4 Å². The van der Waals surface area contributed by atoms with Crippen LogP contribution in [-0.2, 0) is 67.2 Å². The van der Waals surface area contributed by atoms with Crippen LogP contribution in [0.4, 0.5) is 0 Å². The SMILES string of the molecule is c1ccc(COC[C@H]2O[C@@H]3OCCOCCOCCOCCOCCO[C@H]2[C@H](OCc2ccccc2)[C@H]3OCc2ccccc2)cc1. The first-order valence-corrected chi connectivity index (χ1v) is 16.5. The minimum Gasteiger partial charge on any atom is -0.377 e. The summed E-state index contributed by atoms with van der Waals surface area (Å²) in [5.41, 5.74) is 3.13. The van der Waals surface area contributed by atoms with E-state index in [0.29, 0.717) is 85.9 Å². The fourth-order valence-corrected chi connectivity index (χ4v) is 5.34. The van der Waals surface area contributed by atoms with Gasteiger partial charge in [0.25, 0.3) is 0 Å². The van der Waals surface area contributed by atoms with E-state index in [1.165, 1.54) is 0 Å². The van der Waals surface area contributed by atoms with Gasteiger partial charge in [-0.25, -0.2) is 0 Å². The Labute approximate surface area is 278 Å². The van der Waals surface area contributed by atoms with E-state index in [1.54, 1.807) is 0 Å². The van der Waals surface area contributed by atoms with Crippen LogP contribution in [0.3, 0.4) is 0 Å². The molecule has 3 aromatic carbocycles. The van der Waals surface area contributed by atoms with Gasteiger partial charge in [0.2, 0.25) is 0 Å². The second-order valence-electron chi connectivity index (χ2n) is 11.2. The zero-order valence-corrected chi connectivity index (χ0v) is 27.0. The van der Waals surface area contributed by atoms with Crippen molar-refractivity contribution in [3.05, 3.63) is 108 Å². The van der Waals surface area contributed by atoms with Crippen LogP contribution < -0.4 is 0 Å². The summed E-state index contributed by atoms with van der Waals surface area (Å²) in [6, 6.07) is 30.1. The maximum absolute atomic E-state index is 6.70. The Kier molecular flexibility index (Phi) is 16.1. The zero-order chi connectivity index (χ0) is 32.2. The lowest BCUT2D eigenvalue weighted by molar-refractivity contribution is -0.328. The van der Waals surface area contributed by atoms with Crippen molar-refractivity contribution in [3.8, 4) is 0 Å². The fraction of sp³-hybridized carbons (Fsp3) is 0.514. The monoisotopic (exact) mass is 652 g/mol. The second kappa shape index (κ2) is 21.3. The molecule has 0 N–H and O–H groups in total. The van der Waals surface area contributed by atoms with Crippen LogP contribution in [0.1, 0.15) is 16.7 Å². The van der Waals surface area contributed by atoms with E-state index in [1.807, 2.05) is 91.0 Å². The maximum atomic E-state index is 6.70. The molecular formula is C37H48O10. The lowest BCUT2D eigenvalue weighted by atomic mass is 9.98. The lowest BCUT2D eigenvalue weighted by Gasteiger charge is -2.45. The van der Waals surface area contributed by atoms with Crippen molar-refractivity contribution in [1.82, 2.24) is 0 Å². The van der Waals surface area contributed by atoms with Gasteiger partial charge in [0, 0.05) is 0 Å². The molecule has 2 aliphatic rings. The molecule has 5 rings (SSSR count). The lowest BCUT2D eigenvalue weighted by Crippen LogP contribution is -2.62. The number of benzene rings is 3. The van der Waals surface area contributed by atoms with Crippen LogP contribution in [0, 0.1) is 0 Å². The summed E-state index contributed by atoms with van der Waals surface area (Å²) in [5, 5.41) is 0. The smallest absolute Gasteiger partial charge is 0.187 e. The van der Waals surface area contributed by atoms with Gasteiger partial charge in [-0.2, -0.15) is 0 Å². The molecule has 2 fully saturated rings. The van der Waals surface area contributed by atoms with Crippen molar-refractivity contribution in [2.75, 3.05) is 72.7 Å². The van der Waals surface area contributed by atoms with Crippen LogP contribution >= 0.6 is 0 Å². The Morgan fingerprint density at radius 1 is 0.468 bits per heavy atom. The standard InChI is InChI=1S/C37H48O10/c1-4-10-30(11-5-1)26-42-29-33-34-35(45-27-31-12-6-2-7-13-31)36(46-28-32-14-8-3-9-15-32)37(47-33)44-25-23-41-21-19-39-17-16-38-18-20-40-22-24-43-34/h1-15,33-37H,16-29H2/t33-,34-,35+,36-,37+/m1/s1. The van der Waals surface area contributed by atoms with E-state index in [9.17, 15) is 0 Å². The van der Waals surface area contributed by atoms with Crippen molar-refractivity contribution in [2.45, 2.75) is 50.5 Å². The second-order valence-corrected chi connectivity index (χ2v) is 11.2. The molecule has 10 nitrogen and oxygen atoms in total. The minimum absolute atomic E-state index is 0.262. The third-order valence-corrected chi connectivity index (χ3v) is 7.72. The number of rotatable bonds is 10. The first-order valence-electron chi connectivity index (χ1n) is 16.5. The first kappa shape index (κ1) is 35.6. The van der Waals surface area contributed by atoms with Crippen LogP contribution in [0.2, 0.25) is 0 Å². The van der Waals surface area contributed by atoms with Gasteiger partial charge in [-0.1, -0.05) is 91.0 Å². The Morgan fingerprint density at radius 2 is 0.894 bits per heavy atom. The highest BCUT2D eigenvalue weighted by atomic mass is 16.7. The molecule has 2 aliphatic heterocycles. The maximum Gasteiger partial charge on any atom is 0.187 e. The molecule has 0 amide bonds. The number of hydrogen-bond acceptors (Lipinski definition) is 10. The highest BCUT2D eigenvalue weighted by molar-refractivity contribution is 5.15. The molecule has 5 atom stereocenters. The van der Waals surface area contributed by atoms with Crippen molar-refractivity contribution in [2.24, 2.45) is 0 Å². The normalized spacial score (nSPS) is 25.7. The van der Waals surface area contributed by atoms with Crippen LogP contribution in [-0.4, -0.2) is 103 Å². The summed E-state index contributed by atoms with van der Waals surface area (Å²) in [6.07, 6.45) is -2.97. The zero-order valence-electron chi connectivity index (χ0n) is 27.0. The van der Waals surface area contributed by atoms with Crippen molar-refractivity contribution >= 4 is 0 Å². The highest BCUT2D eigenvalue weighted by Gasteiger charge is 2.49. The number of hydrogen-bond donors (Lipinski definition) is 0. The summed E-state index contributed by atoms with van der Waals surface area (Å²) in [7, 11) is 0. The first-order chi connectivity index (χ1) is 23.4. The fourth-order valence-electron chi connectivity index (χ4n) is 5.34. The van der Waals surface area contributed by atoms with Gasteiger partial charge >= 0.3 is 0 Å². The summed E-state index contributed by atoms with van der Waals surface area (Å²) in [6.45, 7) is 5.60. The third kappa shape index (κ3) is 12.7. The van der Waals surface area contributed by atoms with Gasteiger partial charge in [0.15, 0.2) is 6.29 Å². The van der Waals surface area contributed by atoms with Gasteiger partial charge < -0.3 is 47.4 Å². The molecule has 0 unspecified atom stereocenters. The minimum atomic E-state index is -0.761. The van der Waals surface area contributed by atoms with Gasteiger partial charge in [-0.05, 0) is 16.7 Å². The number of fused-ring (bicyclic) bond motifs is 3. The van der Waals surface area contributed by atoms with Gasteiger partial charge in [0.1, 0.15) is 24.4 Å². The summed E-state index contributed by atoms with van der Waals surface area (Å²) < 4.78 is 61.8. The third-order valence-electron chi connectivity index (χ3n) is 7.72. The van der Waals surface area contributed by atoms with Crippen LogP contribution in [0.5, 0.6) is 0 Å². The molecular weight excluding hydrogens is 604 g/mol. The molecule has 0 aliphatic carbocycles. The molecule has 2 saturated heterocycles. The summed E-state index contributed by atoms with van der Waals surface area (Å²) >= 11 is 0. The average Bonchev–Trinajstić information content (AvgIpc) is 3.11. The van der Waals surface area contributed by atoms with E-state index >= 15 is 0 Å². The Balaban J connectivity index is 1.37. The molecule has 47 heavy (non-hydrogen) atoms. The van der Waals surface area contributed by atoms with E-state index in [4.69, 9.17) is 47.4 Å². The molecule has 0 radical (unpaired) electrons. The summed E-state index contributed by atoms with van der Waals surface area (Å²) in [5.74, 6) is 0. The summed E-state index contributed by atoms with van der Waals surface area (Å²) in [4.78, 5) is 0. The van der Waals surface area contributed by atoms with Gasteiger partial charge in [-0.15, -0.1) is 0 Å². The molecule has 3 aromatic rings. The largest absolute Gasteiger partial charge is 0.377 e. The Bertz CT molecular complexity index is 1200. The molecule has 0 aromatic heterocycles. The van der Waals surface area contributed by atoms with Gasteiger partial charge in [0.05, 0.1) is 92.5 Å². The molecule has 2 bridgehead atoms. The molecule has 0 saturated carbocycles. The molecule has 2 heterocycles. The van der Waals surface area contributed by atoms with Crippen LogP contribution in [0.25, 0.3) is 0 Å². The van der Waals surface area contributed by atoms with E-state index < -0.39 is 30.7 Å². The van der Waals surface area contributed by atoms with Crippen molar-refractivity contribution in [3.63, 3.8) is 0 Å². The average molecular weight is 653 g/mol.